The average Bonchev–Trinajstić information content (AvgIpc) is 3.32. The first-order valence-corrected chi connectivity index (χ1v) is 11.6. The molecule has 0 aliphatic heterocycles. The van der Waals surface area contributed by atoms with Crippen molar-refractivity contribution in [2.45, 2.75) is 17.3 Å². The molecule has 2 aromatic heterocycles. The Morgan fingerprint density at radius 2 is 1.76 bits per heavy atom. The Morgan fingerprint density at radius 1 is 1.00 bits per heavy atom. The maximum atomic E-state index is 13.0. The van der Waals surface area contributed by atoms with Gasteiger partial charge in [0.2, 0.25) is 0 Å². The van der Waals surface area contributed by atoms with Crippen molar-refractivity contribution in [2.75, 3.05) is 20.8 Å². The van der Waals surface area contributed by atoms with Crippen molar-refractivity contribution in [3.8, 4) is 17.2 Å². The van der Waals surface area contributed by atoms with Crippen molar-refractivity contribution in [1.29, 1.82) is 0 Å². The zero-order chi connectivity index (χ0) is 23.8. The molecule has 1 amide bonds. The number of amides is 1. The number of ether oxygens (including phenoxy) is 2. The maximum Gasteiger partial charge on any atom is 0.273 e. The molecule has 0 radical (unpaired) electrons. The Morgan fingerprint density at radius 3 is 2.50 bits per heavy atom. The lowest BCUT2D eigenvalue weighted by Gasteiger charge is -2.10. The van der Waals surface area contributed by atoms with Gasteiger partial charge in [0.05, 0.1) is 25.6 Å². The molecule has 0 saturated heterocycles. The molecule has 0 aliphatic rings. The third-order valence-electron chi connectivity index (χ3n) is 5.05. The van der Waals surface area contributed by atoms with E-state index < -0.39 is 0 Å². The summed E-state index contributed by atoms with van der Waals surface area (Å²) in [6, 6.07) is 16.9. The van der Waals surface area contributed by atoms with Gasteiger partial charge in [-0.25, -0.2) is 14.6 Å². The molecular formula is C24H24N6O3S. The van der Waals surface area contributed by atoms with E-state index in [1.165, 1.54) is 11.8 Å². The predicted octanol–water partition coefficient (Wildman–Crippen LogP) is 3.34. The molecule has 0 bridgehead atoms. The van der Waals surface area contributed by atoms with Crippen LogP contribution in [0.2, 0.25) is 0 Å². The number of para-hydroxylation sites is 1. The van der Waals surface area contributed by atoms with E-state index in [2.05, 4.69) is 25.6 Å². The summed E-state index contributed by atoms with van der Waals surface area (Å²) in [6.07, 6.45) is 3.99. The first-order chi connectivity index (χ1) is 16.7. The van der Waals surface area contributed by atoms with Gasteiger partial charge in [-0.3, -0.25) is 4.79 Å². The minimum absolute atomic E-state index is 0.263. The van der Waals surface area contributed by atoms with Crippen molar-refractivity contribution in [3.05, 3.63) is 83.9 Å². The fraction of sp³-hybridized carbons (Fsp3) is 0.208. The van der Waals surface area contributed by atoms with Crippen LogP contribution in [0.25, 0.3) is 5.69 Å². The van der Waals surface area contributed by atoms with Gasteiger partial charge in [0.25, 0.3) is 5.91 Å². The van der Waals surface area contributed by atoms with Crippen LogP contribution in [0, 0.1) is 0 Å². The highest BCUT2D eigenvalue weighted by Gasteiger charge is 2.21. The fourth-order valence-electron chi connectivity index (χ4n) is 3.34. The number of aromatic nitrogens is 5. The SMILES string of the molecule is COc1ccc(-n2nnc(C(=O)NCCc3ccccc3OC)c2CSc2ncccn2)cc1. The van der Waals surface area contributed by atoms with Gasteiger partial charge in [0.1, 0.15) is 11.5 Å². The summed E-state index contributed by atoms with van der Waals surface area (Å²) in [5.41, 5.74) is 2.70. The molecule has 4 aromatic rings. The number of methoxy groups -OCH3 is 2. The van der Waals surface area contributed by atoms with Gasteiger partial charge in [0, 0.05) is 24.7 Å². The molecule has 0 saturated carbocycles. The maximum absolute atomic E-state index is 13.0. The van der Waals surface area contributed by atoms with Crippen LogP contribution >= 0.6 is 11.8 Å². The number of thioether (sulfide) groups is 1. The van der Waals surface area contributed by atoms with Gasteiger partial charge in [-0.15, -0.1) is 5.10 Å². The second-order valence-corrected chi connectivity index (χ2v) is 8.07. The Bertz CT molecular complexity index is 1230. The third-order valence-corrected chi connectivity index (χ3v) is 5.93. The van der Waals surface area contributed by atoms with Crippen LogP contribution in [-0.2, 0) is 12.2 Å². The molecule has 2 heterocycles. The van der Waals surface area contributed by atoms with Crippen molar-refractivity contribution in [1.82, 2.24) is 30.3 Å². The first kappa shape index (κ1) is 23.2. The summed E-state index contributed by atoms with van der Waals surface area (Å²) >= 11 is 1.41. The zero-order valence-corrected chi connectivity index (χ0v) is 19.7. The van der Waals surface area contributed by atoms with Crippen molar-refractivity contribution in [2.24, 2.45) is 0 Å². The quantitative estimate of drug-likeness (QED) is 0.275. The van der Waals surface area contributed by atoms with E-state index in [0.29, 0.717) is 29.6 Å². The summed E-state index contributed by atoms with van der Waals surface area (Å²) in [6.45, 7) is 0.434. The number of carbonyl (C=O) groups is 1. The van der Waals surface area contributed by atoms with Crippen molar-refractivity contribution < 1.29 is 14.3 Å². The van der Waals surface area contributed by atoms with Gasteiger partial charge in [-0.1, -0.05) is 35.2 Å². The highest BCUT2D eigenvalue weighted by atomic mass is 32.2. The molecule has 9 nitrogen and oxygen atoms in total. The normalized spacial score (nSPS) is 10.6. The minimum atomic E-state index is -0.292. The van der Waals surface area contributed by atoms with Crippen LogP contribution in [0.4, 0.5) is 0 Å². The van der Waals surface area contributed by atoms with Crippen LogP contribution in [0.1, 0.15) is 21.7 Å². The topological polar surface area (TPSA) is 104 Å². The second-order valence-electron chi connectivity index (χ2n) is 7.13. The number of hydrogen-bond acceptors (Lipinski definition) is 8. The summed E-state index contributed by atoms with van der Waals surface area (Å²) in [7, 11) is 3.25. The number of nitrogens with one attached hydrogen (secondary N) is 1. The summed E-state index contributed by atoms with van der Waals surface area (Å²) in [5, 5.41) is 12.0. The number of hydrogen-bond donors (Lipinski definition) is 1. The molecule has 0 fully saturated rings. The minimum Gasteiger partial charge on any atom is -0.497 e. The Balaban J connectivity index is 1.53. The predicted molar refractivity (Wildman–Crippen MR) is 129 cm³/mol. The van der Waals surface area contributed by atoms with Crippen LogP contribution in [-0.4, -0.2) is 51.6 Å². The number of rotatable bonds is 10. The molecule has 174 valence electrons. The molecule has 0 atom stereocenters. The molecular weight excluding hydrogens is 452 g/mol. The second kappa shape index (κ2) is 11.3. The van der Waals surface area contributed by atoms with Gasteiger partial charge in [-0.2, -0.15) is 0 Å². The van der Waals surface area contributed by atoms with E-state index in [0.717, 1.165) is 22.7 Å². The lowest BCUT2D eigenvalue weighted by atomic mass is 10.1. The van der Waals surface area contributed by atoms with E-state index >= 15 is 0 Å². The van der Waals surface area contributed by atoms with Gasteiger partial charge >= 0.3 is 0 Å². The summed E-state index contributed by atoms with van der Waals surface area (Å²) < 4.78 is 12.3. The van der Waals surface area contributed by atoms with Crippen LogP contribution in [0.3, 0.4) is 0 Å². The summed E-state index contributed by atoms with van der Waals surface area (Å²) in [4.78, 5) is 21.5. The molecule has 0 unspecified atom stereocenters. The Kier molecular flexibility index (Phi) is 7.71. The molecule has 10 heteroatoms. The van der Waals surface area contributed by atoms with Gasteiger partial charge < -0.3 is 14.8 Å². The zero-order valence-electron chi connectivity index (χ0n) is 18.8. The molecule has 1 N–H and O–H groups in total. The molecule has 34 heavy (non-hydrogen) atoms. The van der Waals surface area contributed by atoms with Crippen molar-refractivity contribution >= 4 is 17.7 Å². The van der Waals surface area contributed by atoms with E-state index in [1.807, 2.05) is 48.5 Å². The lowest BCUT2D eigenvalue weighted by Crippen LogP contribution is -2.27. The van der Waals surface area contributed by atoms with Crippen molar-refractivity contribution in [3.63, 3.8) is 0 Å². The van der Waals surface area contributed by atoms with Gasteiger partial charge in [0.15, 0.2) is 10.9 Å². The number of benzene rings is 2. The first-order valence-electron chi connectivity index (χ1n) is 10.6. The summed E-state index contributed by atoms with van der Waals surface area (Å²) in [5.74, 6) is 1.64. The lowest BCUT2D eigenvalue weighted by molar-refractivity contribution is 0.0948. The number of carbonyl (C=O) groups excluding carboxylic acids is 1. The average molecular weight is 477 g/mol. The van der Waals surface area contributed by atoms with Crippen LogP contribution in [0.15, 0.2) is 72.1 Å². The Labute approximate surface area is 201 Å². The van der Waals surface area contributed by atoms with Gasteiger partial charge in [-0.05, 0) is 48.4 Å². The largest absolute Gasteiger partial charge is 0.497 e. The van der Waals surface area contributed by atoms with E-state index in [9.17, 15) is 4.79 Å². The number of nitrogens with zero attached hydrogens (tertiary/aromatic N) is 5. The molecule has 0 aliphatic carbocycles. The standard InChI is InChI=1S/C24H24N6O3S/c1-32-19-10-8-18(9-11-19)30-20(16-34-24-26-13-5-14-27-24)22(28-29-30)23(31)25-15-12-17-6-3-4-7-21(17)33-2/h3-11,13-14H,12,15-16H2,1-2H3,(H,25,31). The van der Waals surface area contributed by atoms with Crippen LogP contribution in [0.5, 0.6) is 11.5 Å². The van der Waals surface area contributed by atoms with E-state index in [4.69, 9.17) is 9.47 Å². The molecule has 0 spiro atoms. The fourth-order valence-corrected chi connectivity index (χ4v) is 4.13. The highest BCUT2D eigenvalue weighted by Crippen LogP contribution is 2.24. The van der Waals surface area contributed by atoms with Crippen LogP contribution < -0.4 is 14.8 Å². The Hall–Kier alpha value is -3.92. The molecule has 2 aromatic carbocycles. The van der Waals surface area contributed by atoms with E-state index in [1.54, 1.807) is 37.4 Å². The molecule has 4 rings (SSSR count). The highest BCUT2D eigenvalue weighted by molar-refractivity contribution is 7.98. The smallest absolute Gasteiger partial charge is 0.273 e. The third kappa shape index (κ3) is 5.52. The monoisotopic (exact) mass is 476 g/mol. The van der Waals surface area contributed by atoms with E-state index in [-0.39, 0.29) is 11.6 Å².